The zero-order chi connectivity index (χ0) is 9.80. The van der Waals surface area contributed by atoms with Crippen molar-refractivity contribution >= 4 is 22.9 Å². The van der Waals surface area contributed by atoms with Crippen LogP contribution in [0.2, 0.25) is 0 Å². The maximum absolute atomic E-state index is 5.67. The van der Waals surface area contributed by atoms with E-state index in [4.69, 9.17) is 11.6 Å². The van der Waals surface area contributed by atoms with Gasteiger partial charge in [-0.25, -0.2) is 0 Å². The van der Waals surface area contributed by atoms with Gasteiger partial charge in [-0.2, -0.15) is 0 Å². The molecule has 1 heterocycles. The fourth-order valence-electron chi connectivity index (χ4n) is 1.96. The van der Waals surface area contributed by atoms with Crippen molar-refractivity contribution in [2.45, 2.75) is 44.4 Å². The lowest BCUT2D eigenvalue weighted by Crippen LogP contribution is -2.03. The van der Waals surface area contributed by atoms with Gasteiger partial charge in [0.15, 0.2) is 0 Å². The first kappa shape index (κ1) is 10.4. The molecule has 2 nitrogen and oxygen atoms in total. The molecule has 0 spiro atoms. The van der Waals surface area contributed by atoms with E-state index in [1.54, 1.807) is 11.3 Å². The third kappa shape index (κ3) is 2.45. The summed E-state index contributed by atoms with van der Waals surface area (Å²) in [4.78, 5) is 0. The fourth-order valence-corrected chi connectivity index (χ4v) is 3.27. The zero-order valence-electron chi connectivity index (χ0n) is 8.21. The number of halogens is 1. The van der Waals surface area contributed by atoms with E-state index in [-0.39, 0.29) is 0 Å². The molecule has 1 aromatic rings. The van der Waals surface area contributed by atoms with Crippen LogP contribution < -0.4 is 0 Å². The van der Waals surface area contributed by atoms with Crippen molar-refractivity contribution in [1.29, 1.82) is 0 Å². The quantitative estimate of drug-likeness (QED) is 0.745. The smallest absolute Gasteiger partial charge is 0.120 e. The second kappa shape index (κ2) is 5.08. The molecule has 1 aliphatic rings. The van der Waals surface area contributed by atoms with E-state index >= 15 is 0 Å². The second-order valence-electron chi connectivity index (χ2n) is 3.81. The molecule has 78 valence electrons. The summed E-state index contributed by atoms with van der Waals surface area (Å²) in [5.41, 5.74) is 0. The largest absolute Gasteiger partial charge is 0.144 e. The normalized spacial score (nSPS) is 18.6. The van der Waals surface area contributed by atoms with Gasteiger partial charge < -0.3 is 0 Å². The van der Waals surface area contributed by atoms with Crippen LogP contribution in [0.4, 0.5) is 0 Å². The van der Waals surface area contributed by atoms with Crippen LogP contribution in [-0.4, -0.2) is 16.1 Å². The number of rotatable bonds is 3. The highest BCUT2D eigenvalue weighted by Gasteiger charge is 2.19. The lowest BCUT2D eigenvalue weighted by atomic mass is 9.90. The minimum atomic E-state index is 0.652. The first-order valence-electron chi connectivity index (χ1n) is 5.28. The molecule has 0 saturated heterocycles. The molecule has 1 saturated carbocycles. The molecule has 14 heavy (non-hydrogen) atoms. The number of hydrogen-bond acceptors (Lipinski definition) is 3. The third-order valence-corrected chi connectivity index (χ3v) is 4.08. The molecule has 0 bridgehead atoms. The van der Waals surface area contributed by atoms with E-state index in [2.05, 4.69) is 10.2 Å². The Labute approximate surface area is 93.7 Å². The summed E-state index contributed by atoms with van der Waals surface area (Å²) in [5, 5.41) is 10.8. The van der Waals surface area contributed by atoms with Gasteiger partial charge in [-0.1, -0.05) is 19.3 Å². The van der Waals surface area contributed by atoms with Crippen molar-refractivity contribution in [3.8, 4) is 0 Å². The predicted octanol–water partition coefficient (Wildman–Crippen LogP) is 3.37. The monoisotopic (exact) mass is 230 g/mol. The van der Waals surface area contributed by atoms with E-state index in [0.29, 0.717) is 11.8 Å². The predicted molar refractivity (Wildman–Crippen MR) is 60.2 cm³/mol. The van der Waals surface area contributed by atoms with E-state index in [9.17, 15) is 0 Å². The van der Waals surface area contributed by atoms with Gasteiger partial charge in [0.25, 0.3) is 0 Å². The molecule has 0 radical (unpaired) electrons. The van der Waals surface area contributed by atoms with Gasteiger partial charge in [0.2, 0.25) is 0 Å². The first-order chi connectivity index (χ1) is 6.90. The van der Waals surface area contributed by atoms with Crippen molar-refractivity contribution in [2.75, 3.05) is 5.88 Å². The number of nitrogens with zero attached hydrogens (tertiary/aromatic N) is 2. The third-order valence-electron chi connectivity index (χ3n) is 2.75. The van der Waals surface area contributed by atoms with Gasteiger partial charge >= 0.3 is 0 Å². The molecule has 0 unspecified atom stereocenters. The van der Waals surface area contributed by atoms with Crippen LogP contribution in [0.1, 0.15) is 48.0 Å². The molecule has 0 aliphatic heterocycles. The highest BCUT2D eigenvalue weighted by Crippen LogP contribution is 2.34. The van der Waals surface area contributed by atoms with Crippen LogP contribution in [0, 0.1) is 0 Å². The Morgan fingerprint density at radius 1 is 1.21 bits per heavy atom. The van der Waals surface area contributed by atoms with E-state index < -0.39 is 0 Å². The van der Waals surface area contributed by atoms with Gasteiger partial charge in [-0.3, -0.25) is 0 Å². The Morgan fingerprint density at radius 2 is 2.00 bits per heavy atom. The molecule has 0 aromatic carbocycles. The first-order valence-corrected chi connectivity index (χ1v) is 6.63. The maximum atomic E-state index is 5.67. The average Bonchev–Trinajstić information content (AvgIpc) is 2.68. The summed E-state index contributed by atoms with van der Waals surface area (Å²) in [6, 6.07) is 0. The number of hydrogen-bond donors (Lipinski definition) is 0. The summed E-state index contributed by atoms with van der Waals surface area (Å²) in [7, 11) is 0. The average molecular weight is 231 g/mol. The SMILES string of the molecule is ClCCc1nnc(C2CCCCC2)s1. The van der Waals surface area contributed by atoms with Crippen molar-refractivity contribution in [3.63, 3.8) is 0 Å². The summed E-state index contributed by atoms with van der Waals surface area (Å²) < 4.78 is 0. The van der Waals surface area contributed by atoms with Gasteiger partial charge in [0.1, 0.15) is 10.0 Å². The van der Waals surface area contributed by atoms with E-state index in [0.717, 1.165) is 11.4 Å². The van der Waals surface area contributed by atoms with E-state index in [1.165, 1.54) is 37.1 Å². The Morgan fingerprint density at radius 3 is 2.71 bits per heavy atom. The van der Waals surface area contributed by atoms with Crippen LogP contribution in [-0.2, 0) is 6.42 Å². The Kier molecular flexibility index (Phi) is 3.76. The minimum Gasteiger partial charge on any atom is -0.144 e. The number of aromatic nitrogens is 2. The molecule has 1 aromatic heterocycles. The van der Waals surface area contributed by atoms with Crippen LogP contribution >= 0.6 is 22.9 Å². The van der Waals surface area contributed by atoms with Crippen LogP contribution in [0.3, 0.4) is 0 Å². The summed E-state index contributed by atoms with van der Waals surface area (Å²) >= 11 is 7.43. The van der Waals surface area contributed by atoms with Gasteiger partial charge in [0, 0.05) is 18.2 Å². The van der Waals surface area contributed by atoms with Crippen LogP contribution in [0.5, 0.6) is 0 Å². The molecule has 1 fully saturated rings. The van der Waals surface area contributed by atoms with Crippen molar-refractivity contribution in [2.24, 2.45) is 0 Å². The molecule has 0 amide bonds. The number of aryl methyl sites for hydroxylation is 1. The summed E-state index contributed by atoms with van der Waals surface area (Å²) in [6.07, 6.45) is 7.57. The standard InChI is InChI=1S/C10H15ClN2S/c11-7-6-9-12-13-10(14-9)8-4-2-1-3-5-8/h8H,1-7H2. The fraction of sp³-hybridized carbons (Fsp3) is 0.800. The van der Waals surface area contributed by atoms with Crippen molar-refractivity contribution in [3.05, 3.63) is 10.0 Å². The second-order valence-corrected chi connectivity index (χ2v) is 5.28. The summed E-state index contributed by atoms with van der Waals surface area (Å²) in [6.45, 7) is 0. The Balaban J connectivity index is 2.00. The Bertz CT molecular complexity index is 281. The van der Waals surface area contributed by atoms with Crippen molar-refractivity contribution in [1.82, 2.24) is 10.2 Å². The molecule has 0 N–H and O–H groups in total. The number of alkyl halides is 1. The lowest BCUT2D eigenvalue weighted by molar-refractivity contribution is 0.440. The van der Waals surface area contributed by atoms with Gasteiger partial charge in [0.05, 0.1) is 0 Å². The molecule has 2 rings (SSSR count). The molecular weight excluding hydrogens is 216 g/mol. The molecular formula is C10H15ClN2S. The Hall–Kier alpha value is -0.150. The topological polar surface area (TPSA) is 25.8 Å². The lowest BCUT2D eigenvalue weighted by Gasteiger charge is -2.18. The maximum Gasteiger partial charge on any atom is 0.120 e. The van der Waals surface area contributed by atoms with E-state index in [1.807, 2.05) is 0 Å². The highest BCUT2D eigenvalue weighted by molar-refractivity contribution is 7.11. The van der Waals surface area contributed by atoms with Crippen LogP contribution in [0.15, 0.2) is 0 Å². The molecule has 4 heteroatoms. The molecule has 0 atom stereocenters. The summed E-state index contributed by atoms with van der Waals surface area (Å²) in [5.74, 6) is 1.34. The highest BCUT2D eigenvalue weighted by atomic mass is 35.5. The molecule has 1 aliphatic carbocycles. The van der Waals surface area contributed by atoms with Crippen molar-refractivity contribution < 1.29 is 0 Å². The van der Waals surface area contributed by atoms with Crippen LogP contribution in [0.25, 0.3) is 0 Å². The van der Waals surface area contributed by atoms with Gasteiger partial charge in [-0.15, -0.1) is 33.1 Å². The zero-order valence-corrected chi connectivity index (χ0v) is 9.78. The van der Waals surface area contributed by atoms with Gasteiger partial charge in [-0.05, 0) is 12.8 Å². The minimum absolute atomic E-state index is 0.652.